The predicted octanol–water partition coefficient (Wildman–Crippen LogP) is 26.4. The van der Waals surface area contributed by atoms with E-state index in [0.717, 1.165) is 44.9 Å². The van der Waals surface area contributed by atoms with Gasteiger partial charge in [0.2, 0.25) is 5.91 Å². The second-order valence-corrected chi connectivity index (χ2v) is 27.4. The molecule has 0 saturated carbocycles. The van der Waals surface area contributed by atoms with Gasteiger partial charge in [-0.2, -0.15) is 0 Å². The number of nitrogens with one attached hydrogen (secondary N) is 1. The summed E-state index contributed by atoms with van der Waals surface area (Å²) in [5, 5.41) is 23.2. The summed E-state index contributed by atoms with van der Waals surface area (Å²) in [6, 6.07) is -0.626. The topological polar surface area (TPSA) is 95.9 Å². The highest BCUT2D eigenvalue weighted by Gasteiger charge is 2.18. The van der Waals surface area contributed by atoms with E-state index in [0.29, 0.717) is 19.4 Å². The molecule has 3 N–H and O–H groups in total. The lowest BCUT2D eigenvalue weighted by atomic mass is 10.0. The van der Waals surface area contributed by atoms with Crippen LogP contribution in [0.25, 0.3) is 0 Å². The predicted molar refractivity (Wildman–Crippen MR) is 389 cm³/mol. The van der Waals surface area contributed by atoms with E-state index < -0.39 is 12.1 Å². The first-order valence-corrected chi connectivity index (χ1v) is 39.9. The number of hydrogen-bond acceptors (Lipinski definition) is 5. The highest BCUT2D eigenvalue weighted by Crippen LogP contribution is 2.19. The van der Waals surface area contributed by atoms with Crippen LogP contribution in [-0.2, 0) is 14.3 Å². The largest absolute Gasteiger partial charge is 0.466 e. The molecule has 0 aromatic rings. The summed E-state index contributed by atoms with van der Waals surface area (Å²) in [6.07, 6.45) is 102. The molecule has 0 heterocycles. The Morgan fingerprint density at radius 2 is 0.568 bits per heavy atom. The summed E-state index contributed by atoms with van der Waals surface area (Å²) < 4.78 is 5.52. The number of aliphatic hydroxyl groups is 2. The zero-order valence-electron chi connectivity index (χ0n) is 59.5. The molecule has 0 aromatic carbocycles. The normalized spacial score (nSPS) is 12.7. The van der Waals surface area contributed by atoms with E-state index in [9.17, 15) is 19.8 Å². The van der Waals surface area contributed by atoms with Crippen LogP contribution in [0.1, 0.15) is 438 Å². The van der Waals surface area contributed by atoms with Crippen molar-refractivity contribution in [3.8, 4) is 0 Å². The minimum absolute atomic E-state index is 0.0186. The Morgan fingerprint density at radius 1 is 0.318 bits per heavy atom. The van der Waals surface area contributed by atoms with E-state index in [2.05, 4.69) is 55.6 Å². The zero-order valence-corrected chi connectivity index (χ0v) is 59.5. The van der Waals surface area contributed by atoms with Gasteiger partial charge in [-0.25, -0.2) is 0 Å². The Morgan fingerprint density at radius 3 is 0.875 bits per heavy atom. The molecule has 0 aliphatic carbocycles. The Bertz CT molecular complexity index is 1470. The molecule has 0 saturated heterocycles. The average Bonchev–Trinajstić information content (AvgIpc) is 3.59. The van der Waals surface area contributed by atoms with Crippen LogP contribution in [0.3, 0.4) is 0 Å². The van der Waals surface area contributed by atoms with E-state index in [1.54, 1.807) is 6.08 Å². The third kappa shape index (κ3) is 72.9. The summed E-state index contributed by atoms with van der Waals surface area (Å²) >= 11 is 0. The van der Waals surface area contributed by atoms with Crippen LogP contribution < -0.4 is 5.32 Å². The van der Waals surface area contributed by atoms with Crippen molar-refractivity contribution in [1.29, 1.82) is 0 Å². The first-order chi connectivity index (χ1) is 43.5. The van der Waals surface area contributed by atoms with Crippen LogP contribution in [0.4, 0.5) is 0 Å². The van der Waals surface area contributed by atoms with E-state index in [1.807, 2.05) is 6.08 Å². The monoisotopic (exact) mass is 1230 g/mol. The first-order valence-electron chi connectivity index (χ1n) is 39.9. The van der Waals surface area contributed by atoms with Crippen LogP contribution >= 0.6 is 0 Å². The minimum Gasteiger partial charge on any atom is -0.466 e. The molecule has 0 rings (SSSR count). The molecule has 88 heavy (non-hydrogen) atoms. The van der Waals surface area contributed by atoms with Gasteiger partial charge in [0.15, 0.2) is 0 Å². The van der Waals surface area contributed by atoms with E-state index in [4.69, 9.17) is 4.74 Å². The number of rotatable bonds is 75. The lowest BCUT2D eigenvalue weighted by Gasteiger charge is -2.20. The second kappa shape index (κ2) is 77.3. The number of ether oxygens (including phenoxy) is 1. The van der Waals surface area contributed by atoms with Gasteiger partial charge >= 0.3 is 5.97 Å². The fraction of sp³-hybridized carbons (Fsp3) is 0.878. The summed E-state index contributed by atoms with van der Waals surface area (Å²) in [5.74, 6) is -0.0442. The van der Waals surface area contributed by atoms with Gasteiger partial charge in [-0.15, -0.1) is 0 Å². The number of carbonyl (C=O) groups is 2. The maximum atomic E-state index is 12.5. The van der Waals surface area contributed by atoms with Gasteiger partial charge in [0.05, 0.1) is 25.4 Å². The van der Waals surface area contributed by atoms with Gasteiger partial charge in [-0.1, -0.05) is 383 Å². The maximum absolute atomic E-state index is 12.5. The molecule has 1 amide bonds. The minimum atomic E-state index is -0.843. The highest BCUT2D eigenvalue weighted by atomic mass is 16.5. The molecule has 0 radical (unpaired) electrons. The quantitative estimate of drug-likeness (QED) is 0.0320. The van der Waals surface area contributed by atoms with Crippen molar-refractivity contribution in [3.05, 3.63) is 48.6 Å². The van der Waals surface area contributed by atoms with Gasteiger partial charge < -0.3 is 20.3 Å². The number of aliphatic hydroxyl groups excluding tert-OH is 2. The SMILES string of the molecule is CCCCCCCC/C=C\CCCCCCCCCCCC(=O)OCCCCCCCCCCCCCCC/C=C\C/C=C\CCCCCCCCCCCCCCCCCCCC(=O)NC(CO)C(O)/C=C/CCCCCCCCCCCCCCC. The molecular weight excluding hydrogens is 1080 g/mol. The Labute approximate surface area is 550 Å². The molecule has 518 valence electrons. The van der Waals surface area contributed by atoms with Crippen LogP contribution in [0.5, 0.6) is 0 Å². The van der Waals surface area contributed by atoms with Gasteiger partial charge in [0, 0.05) is 12.8 Å². The van der Waals surface area contributed by atoms with Crippen LogP contribution in [0.15, 0.2) is 48.6 Å². The fourth-order valence-electron chi connectivity index (χ4n) is 12.5. The van der Waals surface area contributed by atoms with Crippen LogP contribution in [0, 0.1) is 0 Å². The lowest BCUT2D eigenvalue weighted by Crippen LogP contribution is -2.45. The number of amides is 1. The average molecular weight is 1240 g/mol. The molecule has 0 aromatic heterocycles. The van der Waals surface area contributed by atoms with E-state index >= 15 is 0 Å². The zero-order chi connectivity index (χ0) is 63.5. The van der Waals surface area contributed by atoms with Crippen molar-refractivity contribution >= 4 is 11.9 Å². The Hall–Kier alpha value is -2.18. The van der Waals surface area contributed by atoms with Gasteiger partial charge in [-0.3, -0.25) is 9.59 Å². The molecule has 6 heteroatoms. The van der Waals surface area contributed by atoms with Gasteiger partial charge in [0.25, 0.3) is 0 Å². The fourth-order valence-corrected chi connectivity index (χ4v) is 12.5. The lowest BCUT2D eigenvalue weighted by molar-refractivity contribution is -0.143. The highest BCUT2D eigenvalue weighted by molar-refractivity contribution is 5.76. The van der Waals surface area contributed by atoms with E-state index in [1.165, 1.54) is 366 Å². The molecule has 2 unspecified atom stereocenters. The number of unbranched alkanes of at least 4 members (excludes halogenated alkanes) is 58. The maximum Gasteiger partial charge on any atom is 0.305 e. The molecule has 0 fully saturated rings. The third-order valence-electron chi connectivity index (χ3n) is 18.6. The summed E-state index contributed by atoms with van der Waals surface area (Å²) in [7, 11) is 0. The van der Waals surface area contributed by atoms with Crippen LogP contribution in [-0.4, -0.2) is 47.4 Å². The van der Waals surface area contributed by atoms with Crippen molar-refractivity contribution < 1.29 is 24.5 Å². The molecule has 0 bridgehead atoms. The number of esters is 1. The molecule has 2 atom stereocenters. The van der Waals surface area contributed by atoms with Crippen molar-refractivity contribution in [2.75, 3.05) is 13.2 Å². The van der Waals surface area contributed by atoms with Crippen molar-refractivity contribution in [1.82, 2.24) is 5.32 Å². The standard InChI is InChI=1S/C82H155NO5/c1-3-5-7-9-11-13-15-17-19-20-40-44-48-52-56-60-64-68-72-76-82(87)88-77-73-69-65-61-57-53-49-45-42-39-37-35-33-31-29-27-25-23-21-22-24-26-28-30-32-34-36-38-41-43-47-51-55-59-63-67-71-75-81(86)83-79(78-84)80(85)74-70-66-62-58-54-50-46-18-16-14-12-10-8-6-4-2/h17,19,21,23,27,29,70,74,79-80,84-85H,3-16,18,20,22,24-26,28,30-69,71-73,75-78H2,1-2H3,(H,83,86)/b19-17-,23-21-,29-27-,74-70+. The second-order valence-electron chi connectivity index (χ2n) is 27.4. The molecule has 0 aliphatic rings. The number of hydrogen-bond donors (Lipinski definition) is 3. The molecule has 0 spiro atoms. The number of carbonyl (C=O) groups excluding carboxylic acids is 2. The van der Waals surface area contributed by atoms with Crippen LogP contribution in [0.2, 0.25) is 0 Å². The van der Waals surface area contributed by atoms with Crippen molar-refractivity contribution in [3.63, 3.8) is 0 Å². The summed E-state index contributed by atoms with van der Waals surface area (Å²) in [6.45, 7) is 4.94. The Kier molecular flexibility index (Phi) is 75.4. The third-order valence-corrected chi connectivity index (χ3v) is 18.6. The molecule has 0 aliphatic heterocycles. The Balaban J connectivity index is 3.36. The molecular formula is C82H155NO5. The van der Waals surface area contributed by atoms with Gasteiger partial charge in [0.1, 0.15) is 0 Å². The van der Waals surface area contributed by atoms with Crippen molar-refractivity contribution in [2.24, 2.45) is 0 Å². The number of allylic oxidation sites excluding steroid dienone is 7. The van der Waals surface area contributed by atoms with E-state index in [-0.39, 0.29) is 18.5 Å². The smallest absolute Gasteiger partial charge is 0.305 e. The summed E-state index contributed by atoms with van der Waals surface area (Å²) in [4.78, 5) is 24.6. The summed E-state index contributed by atoms with van der Waals surface area (Å²) in [5.41, 5.74) is 0. The first kappa shape index (κ1) is 85.8. The molecule has 6 nitrogen and oxygen atoms in total. The van der Waals surface area contributed by atoms with Crippen molar-refractivity contribution in [2.45, 2.75) is 450 Å². The van der Waals surface area contributed by atoms with Gasteiger partial charge in [-0.05, 0) is 89.9 Å².